The van der Waals surface area contributed by atoms with Crippen LogP contribution in [0.4, 0.5) is 0 Å². The summed E-state index contributed by atoms with van der Waals surface area (Å²) >= 11 is 0. The third-order valence-electron chi connectivity index (χ3n) is 2.98. The zero-order valence-electron chi connectivity index (χ0n) is 11.0. The molecule has 90 valence electrons. The van der Waals surface area contributed by atoms with Gasteiger partial charge in [0.15, 0.2) is 0 Å². The van der Waals surface area contributed by atoms with Crippen molar-refractivity contribution in [3.63, 3.8) is 0 Å². The van der Waals surface area contributed by atoms with Gasteiger partial charge in [-0.2, -0.15) is 0 Å². The van der Waals surface area contributed by atoms with Gasteiger partial charge < -0.3 is 14.8 Å². The molecule has 1 aromatic carbocycles. The van der Waals surface area contributed by atoms with E-state index in [4.69, 9.17) is 9.47 Å². The van der Waals surface area contributed by atoms with Crippen LogP contribution in [0.2, 0.25) is 0 Å². The van der Waals surface area contributed by atoms with Crippen molar-refractivity contribution in [2.45, 2.75) is 26.3 Å². The maximum absolute atomic E-state index is 5.44. The van der Waals surface area contributed by atoms with Gasteiger partial charge in [0.2, 0.25) is 0 Å². The molecule has 0 fully saturated rings. The van der Waals surface area contributed by atoms with Crippen LogP contribution in [-0.2, 0) is 5.54 Å². The molecule has 0 heterocycles. The van der Waals surface area contributed by atoms with Gasteiger partial charge in [-0.3, -0.25) is 0 Å². The summed E-state index contributed by atoms with van der Waals surface area (Å²) in [6.07, 6.45) is 0. The van der Waals surface area contributed by atoms with Gasteiger partial charge in [0.05, 0.1) is 14.2 Å². The molecule has 0 amide bonds. The minimum absolute atomic E-state index is 0.123. The van der Waals surface area contributed by atoms with Crippen LogP contribution < -0.4 is 14.8 Å². The number of hydrogen-bond donors (Lipinski definition) is 1. The molecule has 0 aliphatic rings. The van der Waals surface area contributed by atoms with Gasteiger partial charge in [-0.15, -0.1) is 0 Å². The number of aryl methyl sites for hydroxylation is 1. The molecule has 0 spiro atoms. The maximum atomic E-state index is 5.44. The molecule has 1 rings (SSSR count). The summed E-state index contributed by atoms with van der Waals surface area (Å²) in [6.45, 7) is 6.33. The van der Waals surface area contributed by atoms with E-state index in [1.807, 2.05) is 19.2 Å². The average Bonchev–Trinajstić information content (AvgIpc) is 2.27. The molecule has 0 unspecified atom stereocenters. The van der Waals surface area contributed by atoms with Crippen molar-refractivity contribution in [3.8, 4) is 11.5 Å². The Bertz CT molecular complexity index is 372. The summed E-state index contributed by atoms with van der Waals surface area (Å²) < 4.78 is 10.7. The number of benzene rings is 1. The van der Waals surface area contributed by atoms with Crippen LogP contribution in [0.5, 0.6) is 11.5 Å². The maximum Gasteiger partial charge on any atom is 0.127 e. The highest BCUT2D eigenvalue weighted by Crippen LogP contribution is 2.35. The normalized spacial score (nSPS) is 11.4. The minimum Gasteiger partial charge on any atom is -0.497 e. The predicted molar refractivity (Wildman–Crippen MR) is 66.4 cm³/mol. The van der Waals surface area contributed by atoms with Crippen molar-refractivity contribution in [1.82, 2.24) is 5.32 Å². The third kappa shape index (κ3) is 2.30. The lowest BCUT2D eigenvalue weighted by Crippen LogP contribution is -2.34. The minimum atomic E-state index is -0.123. The standard InChI is InChI=1S/C13H21NO2/c1-9-7-10(15-5)8-11(16-6)12(9)13(2,3)14-4/h7-8,14H,1-6H3. The zero-order chi connectivity index (χ0) is 12.3. The van der Waals surface area contributed by atoms with E-state index in [0.717, 1.165) is 17.1 Å². The van der Waals surface area contributed by atoms with Crippen molar-refractivity contribution < 1.29 is 9.47 Å². The fraction of sp³-hybridized carbons (Fsp3) is 0.538. The summed E-state index contributed by atoms with van der Waals surface area (Å²) in [5.74, 6) is 1.68. The lowest BCUT2D eigenvalue weighted by Gasteiger charge is -2.28. The molecule has 16 heavy (non-hydrogen) atoms. The van der Waals surface area contributed by atoms with E-state index >= 15 is 0 Å². The molecule has 3 nitrogen and oxygen atoms in total. The Morgan fingerprint density at radius 3 is 2.19 bits per heavy atom. The Morgan fingerprint density at radius 2 is 1.75 bits per heavy atom. The summed E-state index contributed by atoms with van der Waals surface area (Å²) in [7, 11) is 5.30. The summed E-state index contributed by atoms with van der Waals surface area (Å²) in [5, 5.41) is 3.29. The Morgan fingerprint density at radius 1 is 1.12 bits per heavy atom. The quantitative estimate of drug-likeness (QED) is 0.850. The molecule has 0 bridgehead atoms. The van der Waals surface area contributed by atoms with Crippen molar-refractivity contribution in [3.05, 3.63) is 23.3 Å². The Labute approximate surface area is 97.8 Å². The van der Waals surface area contributed by atoms with Crippen molar-refractivity contribution in [1.29, 1.82) is 0 Å². The first-order valence-electron chi connectivity index (χ1n) is 5.38. The lowest BCUT2D eigenvalue weighted by atomic mass is 9.89. The number of ether oxygens (including phenoxy) is 2. The second kappa shape index (κ2) is 4.74. The predicted octanol–water partition coefficient (Wildman–Crippen LogP) is 2.47. The fourth-order valence-electron chi connectivity index (χ4n) is 1.93. The Hall–Kier alpha value is -1.22. The van der Waals surface area contributed by atoms with E-state index in [9.17, 15) is 0 Å². The van der Waals surface area contributed by atoms with Crippen LogP contribution in [0.3, 0.4) is 0 Å². The molecule has 0 saturated carbocycles. The molecule has 0 saturated heterocycles. The van der Waals surface area contributed by atoms with Gasteiger partial charge in [0.1, 0.15) is 11.5 Å². The number of rotatable bonds is 4. The molecule has 0 aromatic heterocycles. The molecule has 3 heteroatoms. The van der Waals surface area contributed by atoms with E-state index in [1.54, 1.807) is 14.2 Å². The molecule has 0 atom stereocenters. The third-order valence-corrected chi connectivity index (χ3v) is 2.98. The van der Waals surface area contributed by atoms with E-state index in [-0.39, 0.29) is 5.54 Å². The van der Waals surface area contributed by atoms with Gasteiger partial charge >= 0.3 is 0 Å². The van der Waals surface area contributed by atoms with Gasteiger partial charge in [-0.1, -0.05) is 0 Å². The first-order chi connectivity index (χ1) is 7.46. The van der Waals surface area contributed by atoms with Crippen LogP contribution in [0.1, 0.15) is 25.0 Å². The monoisotopic (exact) mass is 223 g/mol. The Kier molecular flexibility index (Phi) is 3.81. The molecule has 1 N–H and O–H groups in total. The van der Waals surface area contributed by atoms with E-state index in [1.165, 1.54) is 5.56 Å². The summed E-state index contributed by atoms with van der Waals surface area (Å²) in [4.78, 5) is 0. The molecule has 0 aliphatic carbocycles. The van der Waals surface area contributed by atoms with Crippen molar-refractivity contribution in [2.24, 2.45) is 0 Å². The number of methoxy groups -OCH3 is 2. The average molecular weight is 223 g/mol. The molecular formula is C13H21NO2. The summed E-state index contributed by atoms with van der Waals surface area (Å²) in [5.41, 5.74) is 2.20. The molecular weight excluding hydrogens is 202 g/mol. The van der Waals surface area contributed by atoms with E-state index in [0.29, 0.717) is 0 Å². The SMILES string of the molecule is CNC(C)(C)c1c(C)cc(OC)cc1OC. The first kappa shape index (κ1) is 12.8. The molecule has 0 aliphatic heterocycles. The number of nitrogens with one attached hydrogen (secondary N) is 1. The molecule has 0 radical (unpaired) electrons. The van der Waals surface area contributed by atoms with Gasteiger partial charge in [-0.25, -0.2) is 0 Å². The highest BCUT2D eigenvalue weighted by atomic mass is 16.5. The lowest BCUT2D eigenvalue weighted by molar-refractivity contribution is 0.365. The van der Waals surface area contributed by atoms with Crippen LogP contribution in [-0.4, -0.2) is 21.3 Å². The van der Waals surface area contributed by atoms with E-state index < -0.39 is 0 Å². The van der Waals surface area contributed by atoms with Crippen molar-refractivity contribution in [2.75, 3.05) is 21.3 Å². The second-order valence-electron chi connectivity index (χ2n) is 4.40. The summed E-state index contributed by atoms with van der Waals surface area (Å²) in [6, 6.07) is 3.94. The van der Waals surface area contributed by atoms with Crippen molar-refractivity contribution >= 4 is 0 Å². The van der Waals surface area contributed by atoms with Crippen LogP contribution in [0.15, 0.2) is 12.1 Å². The zero-order valence-corrected chi connectivity index (χ0v) is 11.0. The van der Waals surface area contributed by atoms with Crippen LogP contribution in [0, 0.1) is 6.92 Å². The van der Waals surface area contributed by atoms with Crippen LogP contribution in [0.25, 0.3) is 0 Å². The largest absolute Gasteiger partial charge is 0.497 e. The second-order valence-corrected chi connectivity index (χ2v) is 4.40. The first-order valence-corrected chi connectivity index (χ1v) is 5.38. The topological polar surface area (TPSA) is 30.5 Å². The van der Waals surface area contributed by atoms with E-state index in [2.05, 4.69) is 26.1 Å². The fourth-order valence-corrected chi connectivity index (χ4v) is 1.93. The van der Waals surface area contributed by atoms with Gasteiger partial charge in [0, 0.05) is 17.2 Å². The highest BCUT2D eigenvalue weighted by Gasteiger charge is 2.25. The smallest absolute Gasteiger partial charge is 0.127 e. The molecule has 1 aromatic rings. The Balaban J connectivity index is 3.38. The van der Waals surface area contributed by atoms with Gasteiger partial charge in [-0.05, 0) is 39.4 Å². The number of hydrogen-bond acceptors (Lipinski definition) is 3. The van der Waals surface area contributed by atoms with Crippen LogP contribution >= 0.6 is 0 Å². The van der Waals surface area contributed by atoms with Gasteiger partial charge in [0.25, 0.3) is 0 Å². The highest BCUT2D eigenvalue weighted by molar-refractivity contribution is 5.49.